The number of methoxy groups -OCH3 is 1. The minimum absolute atomic E-state index is 0.0113. The van der Waals surface area contributed by atoms with E-state index < -0.39 is 28.7 Å². The van der Waals surface area contributed by atoms with Crippen molar-refractivity contribution in [3.63, 3.8) is 0 Å². The van der Waals surface area contributed by atoms with E-state index in [-0.39, 0.29) is 22.3 Å². The number of hydrogen-bond donors (Lipinski definition) is 0. The first kappa shape index (κ1) is 34.6. The lowest BCUT2D eigenvalue weighted by Crippen LogP contribution is -2.57. The number of hydrogen-bond acceptors (Lipinski definition) is 6. The minimum Gasteiger partial charge on any atom is -0.466 e. The Morgan fingerprint density at radius 1 is 0.950 bits per heavy atom. The van der Waals surface area contributed by atoms with Crippen LogP contribution in [-0.2, 0) is 34.5 Å². The van der Waals surface area contributed by atoms with Crippen molar-refractivity contribution >= 4 is 22.6 Å². The molecule has 1 aliphatic carbocycles. The summed E-state index contributed by atoms with van der Waals surface area (Å²) >= 11 is 0. The smallest absolute Gasteiger partial charge is 0.330 e. The molecule has 0 aliphatic heterocycles. The quantitative estimate of drug-likeness (QED) is 0.107. The summed E-state index contributed by atoms with van der Waals surface area (Å²) in [5.74, 6) is -0.400. The van der Waals surface area contributed by atoms with Gasteiger partial charge >= 0.3 is 5.97 Å². The zero-order valence-corrected chi connectivity index (χ0v) is 28.9. The van der Waals surface area contributed by atoms with Crippen molar-refractivity contribution in [1.29, 1.82) is 0 Å². The average Bonchev–Trinajstić information content (AvgIpc) is 2.84. The van der Waals surface area contributed by atoms with Crippen molar-refractivity contribution in [2.45, 2.75) is 116 Å². The second-order valence-electron chi connectivity index (χ2n) is 13.9. The lowest BCUT2D eigenvalue weighted by Gasteiger charge is -2.49. The summed E-state index contributed by atoms with van der Waals surface area (Å²) in [6, 6.07) is 10.2. The molecule has 226 valence electrons. The fraction of sp³-hybridized carbons (Fsp3) is 0.656. The van der Waals surface area contributed by atoms with E-state index in [0.717, 1.165) is 23.1 Å². The summed E-state index contributed by atoms with van der Waals surface area (Å²) in [5, 5.41) is 0.00185. The van der Waals surface area contributed by atoms with Gasteiger partial charge in [0.25, 0.3) is 0 Å². The first-order valence-corrected chi connectivity index (χ1v) is 20.3. The number of carbonyl (C=O) groups is 1. The van der Waals surface area contributed by atoms with Crippen LogP contribution in [0, 0.1) is 0 Å². The van der Waals surface area contributed by atoms with E-state index in [4.69, 9.17) is 23.1 Å². The van der Waals surface area contributed by atoms with E-state index in [0.29, 0.717) is 26.2 Å². The van der Waals surface area contributed by atoms with Crippen molar-refractivity contribution in [3.8, 4) is 0 Å². The predicted octanol–water partition coefficient (Wildman–Crippen LogP) is 7.82. The van der Waals surface area contributed by atoms with Gasteiger partial charge in [-0.25, -0.2) is 4.79 Å². The predicted molar refractivity (Wildman–Crippen MR) is 168 cm³/mol. The maximum Gasteiger partial charge on any atom is 0.330 e. The van der Waals surface area contributed by atoms with E-state index in [2.05, 4.69) is 86.4 Å². The van der Waals surface area contributed by atoms with Gasteiger partial charge < -0.3 is 23.1 Å². The van der Waals surface area contributed by atoms with Crippen LogP contribution < -0.4 is 0 Å². The van der Waals surface area contributed by atoms with Crippen LogP contribution in [0.25, 0.3) is 0 Å². The number of carbonyl (C=O) groups excluding carboxylic acids is 1. The number of benzene rings is 1. The molecule has 0 spiro atoms. The Morgan fingerprint density at radius 3 is 2.08 bits per heavy atom. The van der Waals surface area contributed by atoms with Gasteiger partial charge in [-0.05, 0) is 59.4 Å². The van der Waals surface area contributed by atoms with Gasteiger partial charge in [0, 0.05) is 25.7 Å². The molecule has 0 bridgehead atoms. The van der Waals surface area contributed by atoms with Crippen LogP contribution >= 0.6 is 0 Å². The normalized spacial score (nSPS) is 22.0. The van der Waals surface area contributed by atoms with Gasteiger partial charge in [-0.2, -0.15) is 0 Å². The monoisotopic (exact) mass is 590 g/mol. The molecule has 1 aromatic rings. The molecule has 8 heteroatoms. The Hall–Kier alpha value is -1.56. The lowest BCUT2D eigenvalue weighted by molar-refractivity contribution is -0.135. The van der Waals surface area contributed by atoms with E-state index >= 15 is 0 Å². The van der Waals surface area contributed by atoms with E-state index in [9.17, 15) is 4.79 Å². The molecule has 0 radical (unpaired) electrons. The zero-order chi connectivity index (χ0) is 30.4. The summed E-state index contributed by atoms with van der Waals surface area (Å²) in [4.78, 5) is 12.3. The summed E-state index contributed by atoms with van der Waals surface area (Å²) in [5.41, 5.74) is 2.74. The maximum absolute atomic E-state index is 12.3. The lowest BCUT2D eigenvalue weighted by atomic mass is 9.83. The third-order valence-corrected chi connectivity index (χ3v) is 17.6. The number of ether oxygens (including phenoxy) is 3. The molecule has 0 heterocycles. The standard InChI is InChI=1S/C32H54O6Si2/c1-24-26(22-28(33)34-8)21-27(37-39(9,10)31(2,3)4)30(29(24)38-40(11,12)32(5,6)7)36-20-16-19-35-23-25-17-14-13-15-18-25/h13-15,17-18,22,27,29-30H,1,16,19-21,23H2,2-12H3/b26-22+/t27-,29-,30-/m1/s1. The fourth-order valence-corrected chi connectivity index (χ4v) is 6.62. The molecular weight excluding hydrogens is 537 g/mol. The molecule has 1 aromatic carbocycles. The number of rotatable bonds is 12. The topological polar surface area (TPSA) is 63.2 Å². The Morgan fingerprint density at radius 2 is 1.52 bits per heavy atom. The molecule has 40 heavy (non-hydrogen) atoms. The van der Waals surface area contributed by atoms with Gasteiger partial charge in [0.1, 0.15) is 6.10 Å². The minimum atomic E-state index is -2.23. The molecule has 2 rings (SSSR count). The van der Waals surface area contributed by atoms with Gasteiger partial charge in [-0.1, -0.05) is 78.5 Å². The van der Waals surface area contributed by atoms with Gasteiger partial charge in [0.15, 0.2) is 16.6 Å². The third kappa shape index (κ3) is 9.49. The van der Waals surface area contributed by atoms with Crippen LogP contribution in [0.3, 0.4) is 0 Å². The summed E-state index contributed by atoms with van der Waals surface area (Å²) in [6.07, 6.45) is 1.76. The highest BCUT2D eigenvalue weighted by Gasteiger charge is 2.49. The Labute approximate surface area is 245 Å². The van der Waals surface area contributed by atoms with Crippen LogP contribution in [0.15, 0.2) is 54.1 Å². The molecule has 0 unspecified atom stereocenters. The highest BCUT2D eigenvalue weighted by Crippen LogP contribution is 2.45. The Kier molecular flexibility index (Phi) is 12.2. The molecule has 1 aliphatic rings. The molecule has 0 amide bonds. The summed E-state index contributed by atoms with van der Waals surface area (Å²) in [6.45, 7) is 28.4. The van der Waals surface area contributed by atoms with Gasteiger partial charge in [-0.15, -0.1) is 0 Å². The van der Waals surface area contributed by atoms with Crippen LogP contribution in [0.1, 0.15) is 59.9 Å². The zero-order valence-electron chi connectivity index (χ0n) is 26.9. The van der Waals surface area contributed by atoms with Gasteiger partial charge in [0.2, 0.25) is 0 Å². The van der Waals surface area contributed by atoms with Crippen molar-refractivity contribution < 1.29 is 27.9 Å². The first-order valence-electron chi connectivity index (χ1n) is 14.5. The Balaban J connectivity index is 2.33. The Bertz CT molecular complexity index is 1000. The third-order valence-electron chi connectivity index (χ3n) is 8.67. The van der Waals surface area contributed by atoms with E-state index in [1.54, 1.807) is 6.08 Å². The number of esters is 1. The molecule has 0 aromatic heterocycles. The maximum atomic E-state index is 12.3. The molecule has 1 saturated carbocycles. The van der Waals surface area contributed by atoms with E-state index in [1.165, 1.54) is 7.11 Å². The summed E-state index contributed by atoms with van der Waals surface area (Å²) < 4.78 is 31.5. The first-order chi connectivity index (χ1) is 18.4. The largest absolute Gasteiger partial charge is 0.466 e. The van der Waals surface area contributed by atoms with Crippen LogP contribution in [0.5, 0.6) is 0 Å². The molecule has 0 saturated heterocycles. The molecule has 1 fully saturated rings. The van der Waals surface area contributed by atoms with Crippen molar-refractivity contribution in [1.82, 2.24) is 0 Å². The van der Waals surface area contributed by atoms with Crippen molar-refractivity contribution in [2.24, 2.45) is 0 Å². The SMILES string of the molecule is C=C1/C(=C/C(=O)OC)C[C@@H](O[Si](C)(C)C(C)(C)C)[C@@H](OCCCOCc2ccccc2)[C@@H]1O[Si](C)(C)C(C)(C)C. The average molecular weight is 591 g/mol. The second-order valence-corrected chi connectivity index (χ2v) is 23.4. The fourth-order valence-electron chi connectivity index (χ4n) is 4.03. The van der Waals surface area contributed by atoms with Crippen molar-refractivity contribution in [3.05, 3.63) is 59.7 Å². The van der Waals surface area contributed by atoms with Crippen LogP contribution in [0.4, 0.5) is 0 Å². The second kappa shape index (κ2) is 14.1. The van der Waals surface area contributed by atoms with Gasteiger partial charge in [-0.3, -0.25) is 0 Å². The van der Waals surface area contributed by atoms with Crippen LogP contribution in [-0.4, -0.2) is 61.2 Å². The molecule has 6 nitrogen and oxygen atoms in total. The molecule has 0 N–H and O–H groups in total. The molecule has 3 atom stereocenters. The van der Waals surface area contributed by atoms with E-state index in [1.807, 2.05) is 18.2 Å². The summed E-state index contributed by atoms with van der Waals surface area (Å²) in [7, 11) is -3.02. The van der Waals surface area contributed by atoms with Crippen molar-refractivity contribution in [2.75, 3.05) is 20.3 Å². The molecular formula is C32H54O6Si2. The van der Waals surface area contributed by atoms with Crippen LogP contribution in [0.2, 0.25) is 36.3 Å². The highest BCUT2D eigenvalue weighted by atomic mass is 28.4. The highest BCUT2D eigenvalue weighted by molar-refractivity contribution is 6.74. The van der Waals surface area contributed by atoms with Gasteiger partial charge in [0.05, 0.1) is 25.9 Å².